The molecule has 128 valence electrons. The molecule has 0 aliphatic carbocycles. The molecule has 0 aliphatic heterocycles. The molecular formula is C21H21FN2O. The van der Waals surface area contributed by atoms with Crippen LogP contribution in [-0.4, -0.2) is 22.8 Å². The standard InChI is InChI=1S/C21H21FN2O/c1-14(2)20-12-17(16-9-5-7-11-19(16)23-20)21(25)24(3)13-15-8-4-6-10-18(15)22/h4-12,14H,13H2,1-3H3. The Kier molecular flexibility index (Phi) is 4.79. The molecule has 25 heavy (non-hydrogen) atoms. The number of hydrogen-bond donors (Lipinski definition) is 0. The van der Waals surface area contributed by atoms with Crippen molar-refractivity contribution in [1.82, 2.24) is 9.88 Å². The molecule has 2 aromatic carbocycles. The molecule has 0 bridgehead atoms. The second kappa shape index (κ2) is 7.01. The van der Waals surface area contributed by atoms with Crippen LogP contribution in [0, 0.1) is 5.82 Å². The van der Waals surface area contributed by atoms with Gasteiger partial charge in [-0.2, -0.15) is 0 Å². The number of halogens is 1. The first-order valence-corrected chi connectivity index (χ1v) is 8.36. The number of para-hydroxylation sites is 1. The van der Waals surface area contributed by atoms with Gasteiger partial charge in [0.25, 0.3) is 5.91 Å². The molecule has 1 aromatic heterocycles. The predicted octanol–water partition coefficient (Wildman–Crippen LogP) is 4.77. The van der Waals surface area contributed by atoms with Crippen LogP contribution < -0.4 is 0 Å². The Labute approximate surface area is 147 Å². The maximum atomic E-state index is 13.9. The van der Waals surface area contributed by atoms with E-state index in [1.54, 1.807) is 30.1 Å². The largest absolute Gasteiger partial charge is 0.337 e. The fourth-order valence-electron chi connectivity index (χ4n) is 2.83. The van der Waals surface area contributed by atoms with Crippen LogP contribution in [0.1, 0.15) is 41.4 Å². The molecule has 0 N–H and O–H groups in total. The van der Waals surface area contributed by atoms with E-state index in [1.165, 1.54) is 6.07 Å². The van der Waals surface area contributed by atoms with Crippen molar-refractivity contribution >= 4 is 16.8 Å². The van der Waals surface area contributed by atoms with Gasteiger partial charge in [-0.15, -0.1) is 0 Å². The monoisotopic (exact) mass is 336 g/mol. The molecule has 3 nitrogen and oxygen atoms in total. The minimum absolute atomic E-state index is 0.135. The average Bonchev–Trinajstić information content (AvgIpc) is 2.62. The van der Waals surface area contributed by atoms with Crippen molar-refractivity contribution in [2.75, 3.05) is 7.05 Å². The van der Waals surface area contributed by atoms with Crippen molar-refractivity contribution in [3.05, 3.63) is 77.2 Å². The van der Waals surface area contributed by atoms with E-state index in [0.717, 1.165) is 16.6 Å². The van der Waals surface area contributed by atoms with E-state index < -0.39 is 0 Å². The van der Waals surface area contributed by atoms with Gasteiger partial charge in [0.1, 0.15) is 5.82 Å². The molecule has 4 heteroatoms. The summed E-state index contributed by atoms with van der Waals surface area (Å²) in [5.74, 6) is -0.221. The Morgan fingerprint density at radius 2 is 1.80 bits per heavy atom. The molecule has 0 atom stereocenters. The number of nitrogens with zero attached hydrogens (tertiary/aromatic N) is 2. The summed E-state index contributed by atoms with van der Waals surface area (Å²) in [5, 5.41) is 0.817. The third-order valence-electron chi connectivity index (χ3n) is 4.27. The fraction of sp³-hybridized carbons (Fsp3) is 0.238. The lowest BCUT2D eigenvalue weighted by atomic mass is 10.0. The highest BCUT2D eigenvalue weighted by Crippen LogP contribution is 2.24. The van der Waals surface area contributed by atoms with Gasteiger partial charge in [-0.05, 0) is 24.1 Å². The number of carbonyl (C=O) groups is 1. The van der Waals surface area contributed by atoms with Crippen LogP contribution in [0.2, 0.25) is 0 Å². The van der Waals surface area contributed by atoms with E-state index >= 15 is 0 Å². The van der Waals surface area contributed by atoms with Gasteiger partial charge in [0.15, 0.2) is 0 Å². The third-order valence-corrected chi connectivity index (χ3v) is 4.27. The van der Waals surface area contributed by atoms with Crippen LogP contribution in [0.4, 0.5) is 4.39 Å². The van der Waals surface area contributed by atoms with Gasteiger partial charge in [-0.25, -0.2) is 4.39 Å². The summed E-state index contributed by atoms with van der Waals surface area (Å²) < 4.78 is 13.9. The zero-order valence-electron chi connectivity index (χ0n) is 14.7. The molecule has 0 saturated heterocycles. The second-order valence-electron chi connectivity index (χ2n) is 6.52. The zero-order chi connectivity index (χ0) is 18.0. The maximum absolute atomic E-state index is 13.9. The van der Waals surface area contributed by atoms with Gasteiger partial charge in [0.2, 0.25) is 0 Å². The Balaban J connectivity index is 2.00. The Morgan fingerprint density at radius 1 is 1.12 bits per heavy atom. The number of rotatable bonds is 4. The molecule has 0 saturated carbocycles. The van der Waals surface area contributed by atoms with Gasteiger partial charge < -0.3 is 4.90 Å². The summed E-state index contributed by atoms with van der Waals surface area (Å²) >= 11 is 0. The summed E-state index contributed by atoms with van der Waals surface area (Å²) in [5.41, 5.74) is 2.78. The topological polar surface area (TPSA) is 33.2 Å². The first kappa shape index (κ1) is 17.1. The van der Waals surface area contributed by atoms with E-state index in [-0.39, 0.29) is 24.2 Å². The summed E-state index contributed by atoms with van der Waals surface area (Å²) in [4.78, 5) is 19.2. The molecule has 0 fully saturated rings. The molecule has 0 spiro atoms. The minimum atomic E-state index is -0.301. The fourth-order valence-corrected chi connectivity index (χ4v) is 2.83. The highest BCUT2D eigenvalue weighted by atomic mass is 19.1. The van der Waals surface area contributed by atoms with Crippen LogP contribution in [0.5, 0.6) is 0 Å². The number of hydrogen-bond acceptors (Lipinski definition) is 2. The van der Waals surface area contributed by atoms with Crippen LogP contribution in [0.15, 0.2) is 54.6 Å². The van der Waals surface area contributed by atoms with E-state index in [1.807, 2.05) is 30.3 Å². The average molecular weight is 336 g/mol. The van der Waals surface area contributed by atoms with Crippen molar-refractivity contribution in [2.24, 2.45) is 0 Å². The molecule has 0 radical (unpaired) electrons. The lowest BCUT2D eigenvalue weighted by Gasteiger charge is -2.19. The molecule has 0 aliphatic rings. The smallest absolute Gasteiger partial charge is 0.254 e. The minimum Gasteiger partial charge on any atom is -0.337 e. The highest BCUT2D eigenvalue weighted by Gasteiger charge is 2.18. The molecule has 1 amide bonds. The molecule has 0 unspecified atom stereocenters. The number of amides is 1. The van der Waals surface area contributed by atoms with Crippen molar-refractivity contribution < 1.29 is 9.18 Å². The van der Waals surface area contributed by atoms with Crippen molar-refractivity contribution in [3.63, 3.8) is 0 Å². The summed E-state index contributed by atoms with van der Waals surface area (Å²) in [7, 11) is 1.69. The van der Waals surface area contributed by atoms with E-state index in [9.17, 15) is 9.18 Å². The third kappa shape index (κ3) is 3.53. The van der Waals surface area contributed by atoms with Gasteiger partial charge >= 0.3 is 0 Å². The molecular weight excluding hydrogens is 315 g/mol. The SMILES string of the molecule is CC(C)c1cc(C(=O)N(C)Cc2ccccc2F)c2ccccc2n1. The van der Waals surface area contributed by atoms with Crippen LogP contribution >= 0.6 is 0 Å². The first-order chi connectivity index (χ1) is 12.0. The van der Waals surface area contributed by atoms with Gasteiger partial charge in [0.05, 0.1) is 11.1 Å². The molecule has 1 heterocycles. The normalized spacial score (nSPS) is 11.1. The summed E-state index contributed by atoms with van der Waals surface area (Å²) in [6, 6.07) is 16.0. The predicted molar refractivity (Wildman–Crippen MR) is 98.0 cm³/mol. The molecule has 3 aromatic rings. The number of benzene rings is 2. The Morgan fingerprint density at radius 3 is 2.52 bits per heavy atom. The number of fused-ring (bicyclic) bond motifs is 1. The van der Waals surface area contributed by atoms with Crippen LogP contribution in [-0.2, 0) is 6.54 Å². The van der Waals surface area contributed by atoms with Crippen molar-refractivity contribution in [2.45, 2.75) is 26.3 Å². The number of pyridine rings is 1. The quantitative estimate of drug-likeness (QED) is 0.687. The zero-order valence-corrected chi connectivity index (χ0v) is 14.7. The van der Waals surface area contributed by atoms with E-state index in [4.69, 9.17) is 0 Å². The Bertz CT molecular complexity index is 921. The second-order valence-corrected chi connectivity index (χ2v) is 6.52. The van der Waals surface area contributed by atoms with Crippen molar-refractivity contribution in [1.29, 1.82) is 0 Å². The summed E-state index contributed by atoms with van der Waals surface area (Å²) in [6.07, 6.45) is 0. The Hall–Kier alpha value is -2.75. The van der Waals surface area contributed by atoms with Crippen molar-refractivity contribution in [3.8, 4) is 0 Å². The molecule has 3 rings (SSSR count). The number of aromatic nitrogens is 1. The lowest BCUT2D eigenvalue weighted by Crippen LogP contribution is -2.27. The van der Waals surface area contributed by atoms with E-state index in [0.29, 0.717) is 11.1 Å². The van der Waals surface area contributed by atoms with E-state index in [2.05, 4.69) is 18.8 Å². The van der Waals surface area contributed by atoms with Crippen LogP contribution in [0.25, 0.3) is 10.9 Å². The lowest BCUT2D eigenvalue weighted by molar-refractivity contribution is 0.0785. The van der Waals surface area contributed by atoms with Gasteiger partial charge in [0, 0.05) is 30.2 Å². The maximum Gasteiger partial charge on any atom is 0.254 e. The first-order valence-electron chi connectivity index (χ1n) is 8.36. The number of carbonyl (C=O) groups excluding carboxylic acids is 1. The highest BCUT2D eigenvalue weighted by molar-refractivity contribution is 6.06. The summed E-state index contributed by atoms with van der Waals surface area (Å²) in [6.45, 7) is 4.32. The van der Waals surface area contributed by atoms with Gasteiger partial charge in [-0.1, -0.05) is 50.2 Å². The van der Waals surface area contributed by atoms with Gasteiger partial charge in [-0.3, -0.25) is 9.78 Å². The van der Waals surface area contributed by atoms with Crippen LogP contribution in [0.3, 0.4) is 0 Å².